The molecule has 0 heterocycles. The highest BCUT2D eigenvalue weighted by atomic mass is 19.3. The summed E-state index contributed by atoms with van der Waals surface area (Å²) in [6.07, 6.45) is -7.62. The summed E-state index contributed by atoms with van der Waals surface area (Å²) < 4.78 is 58.8. The normalized spacial score (nSPS) is 15.5. The summed E-state index contributed by atoms with van der Waals surface area (Å²) in [6, 6.07) is 0. The molecule has 0 aromatic heterocycles. The van der Waals surface area contributed by atoms with Gasteiger partial charge in [-0.1, -0.05) is 6.92 Å². The third-order valence-corrected chi connectivity index (χ3v) is 1.13. The maximum absolute atomic E-state index is 12.1. The maximum Gasteiger partial charge on any atom is 0.310 e. The SMILES string of the molecule is [CH2]C[C@H](F)CC(F)(F)C(F)F. The molecule has 5 heteroatoms. The Bertz CT molecular complexity index is 112. The van der Waals surface area contributed by atoms with Crippen LogP contribution in [-0.2, 0) is 0 Å². The van der Waals surface area contributed by atoms with E-state index >= 15 is 0 Å². The molecule has 0 N–H and O–H groups in total. The predicted octanol–water partition coefficient (Wildman–Crippen LogP) is 2.84. The van der Waals surface area contributed by atoms with E-state index in [0.717, 1.165) is 0 Å². The molecule has 67 valence electrons. The molecule has 0 rings (SSSR count). The summed E-state index contributed by atoms with van der Waals surface area (Å²) in [5, 5.41) is 0. The Morgan fingerprint density at radius 2 is 1.64 bits per heavy atom. The largest absolute Gasteiger partial charge is 0.310 e. The molecule has 1 radical (unpaired) electrons. The highest BCUT2D eigenvalue weighted by Crippen LogP contribution is 2.29. The standard InChI is InChI=1S/C6H8F5/c1-2-4(7)3-6(10,11)5(8)9/h4-5H,1-3H2/t4-/m0/s1. The van der Waals surface area contributed by atoms with E-state index in [4.69, 9.17) is 0 Å². The fraction of sp³-hybridized carbons (Fsp3) is 0.833. The Labute approximate surface area is 61.4 Å². The minimum Gasteiger partial charge on any atom is -0.247 e. The van der Waals surface area contributed by atoms with Gasteiger partial charge in [0.1, 0.15) is 6.17 Å². The molecule has 0 bridgehead atoms. The Balaban J connectivity index is 3.90. The predicted molar refractivity (Wildman–Crippen MR) is 30.4 cm³/mol. The molecule has 0 aliphatic rings. The second-order valence-electron chi connectivity index (χ2n) is 2.15. The van der Waals surface area contributed by atoms with Crippen molar-refractivity contribution in [3.8, 4) is 0 Å². The van der Waals surface area contributed by atoms with Gasteiger partial charge in [0, 0.05) is 6.42 Å². The third kappa shape index (κ3) is 3.53. The van der Waals surface area contributed by atoms with Gasteiger partial charge >= 0.3 is 12.3 Å². The van der Waals surface area contributed by atoms with Crippen LogP contribution in [0.5, 0.6) is 0 Å². The fourth-order valence-corrected chi connectivity index (χ4v) is 0.486. The molecule has 0 aliphatic carbocycles. The van der Waals surface area contributed by atoms with Crippen LogP contribution in [0.15, 0.2) is 0 Å². The third-order valence-electron chi connectivity index (χ3n) is 1.13. The van der Waals surface area contributed by atoms with Crippen LogP contribution >= 0.6 is 0 Å². The van der Waals surface area contributed by atoms with Crippen LogP contribution in [0.2, 0.25) is 0 Å². The summed E-state index contributed by atoms with van der Waals surface area (Å²) in [7, 11) is 0. The number of halogens is 5. The van der Waals surface area contributed by atoms with Gasteiger partial charge in [0.05, 0.1) is 0 Å². The Morgan fingerprint density at radius 3 is 1.91 bits per heavy atom. The molecular weight excluding hydrogens is 167 g/mol. The zero-order valence-corrected chi connectivity index (χ0v) is 5.67. The highest BCUT2D eigenvalue weighted by Gasteiger charge is 2.42. The first-order valence-corrected chi connectivity index (χ1v) is 2.99. The summed E-state index contributed by atoms with van der Waals surface area (Å²) in [5.74, 6) is -4.23. The van der Waals surface area contributed by atoms with Crippen LogP contribution in [-0.4, -0.2) is 18.5 Å². The van der Waals surface area contributed by atoms with E-state index in [0.29, 0.717) is 0 Å². The molecule has 0 aromatic rings. The minimum atomic E-state index is -4.23. The molecule has 11 heavy (non-hydrogen) atoms. The summed E-state index contributed by atoms with van der Waals surface area (Å²) in [6.45, 7) is 2.98. The molecule has 0 nitrogen and oxygen atoms in total. The van der Waals surface area contributed by atoms with Gasteiger partial charge in [-0.25, -0.2) is 22.0 Å². The van der Waals surface area contributed by atoms with Gasteiger partial charge in [-0.05, 0) is 6.42 Å². The van der Waals surface area contributed by atoms with Crippen LogP contribution in [0, 0.1) is 6.92 Å². The summed E-state index contributed by atoms with van der Waals surface area (Å²) in [4.78, 5) is 0. The van der Waals surface area contributed by atoms with Crippen LogP contribution in [0.3, 0.4) is 0 Å². The van der Waals surface area contributed by atoms with Crippen LogP contribution < -0.4 is 0 Å². The topological polar surface area (TPSA) is 0 Å². The lowest BCUT2D eigenvalue weighted by molar-refractivity contribution is -0.142. The molecule has 0 saturated heterocycles. The Hall–Kier alpha value is -0.350. The number of hydrogen-bond acceptors (Lipinski definition) is 0. The van der Waals surface area contributed by atoms with Crippen LogP contribution in [0.25, 0.3) is 0 Å². The molecule has 0 spiro atoms. The molecule has 0 amide bonds. The average molecular weight is 175 g/mol. The lowest BCUT2D eigenvalue weighted by Crippen LogP contribution is -2.29. The van der Waals surface area contributed by atoms with E-state index in [9.17, 15) is 22.0 Å². The highest BCUT2D eigenvalue weighted by molar-refractivity contribution is 4.74. The van der Waals surface area contributed by atoms with Gasteiger partial charge in [0.2, 0.25) is 0 Å². The molecule has 0 saturated carbocycles. The molecule has 1 atom stereocenters. The lowest BCUT2D eigenvalue weighted by atomic mass is 10.1. The molecule has 0 unspecified atom stereocenters. The fourth-order valence-electron chi connectivity index (χ4n) is 0.486. The molecule has 0 aromatic carbocycles. The lowest BCUT2D eigenvalue weighted by Gasteiger charge is -2.16. The average Bonchev–Trinajstić information content (AvgIpc) is 1.86. The summed E-state index contributed by atoms with van der Waals surface area (Å²) >= 11 is 0. The second kappa shape index (κ2) is 3.88. The Kier molecular flexibility index (Phi) is 3.75. The van der Waals surface area contributed by atoms with E-state index in [2.05, 4.69) is 6.92 Å². The quantitative estimate of drug-likeness (QED) is 0.576. The van der Waals surface area contributed by atoms with Crippen molar-refractivity contribution in [1.82, 2.24) is 0 Å². The maximum atomic E-state index is 12.1. The first-order chi connectivity index (χ1) is 4.90. The van der Waals surface area contributed by atoms with Crippen LogP contribution in [0.1, 0.15) is 12.8 Å². The number of hydrogen-bond donors (Lipinski definition) is 0. The second-order valence-corrected chi connectivity index (χ2v) is 2.15. The number of rotatable bonds is 4. The van der Waals surface area contributed by atoms with Crippen molar-refractivity contribution >= 4 is 0 Å². The Morgan fingerprint density at radius 1 is 1.18 bits per heavy atom. The first-order valence-electron chi connectivity index (χ1n) is 2.99. The summed E-state index contributed by atoms with van der Waals surface area (Å²) in [5.41, 5.74) is 0. The van der Waals surface area contributed by atoms with Crippen molar-refractivity contribution < 1.29 is 22.0 Å². The van der Waals surface area contributed by atoms with Crippen molar-refractivity contribution in [3.05, 3.63) is 6.92 Å². The van der Waals surface area contributed by atoms with Crippen molar-refractivity contribution in [3.63, 3.8) is 0 Å². The van der Waals surface area contributed by atoms with Gasteiger partial charge < -0.3 is 0 Å². The van der Waals surface area contributed by atoms with E-state index < -0.39 is 31.4 Å². The van der Waals surface area contributed by atoms with Gasteiger partial charge in [0.25, 0.3) is 0 Å². The van der Waals surface area contributed by atoms with Crippen molar-refractivity contribution in [2.24, 2.45) is 0 Å². The van der Waals surface area contributed by atoms with Crippen molar-refractivity contribution in [2.75, 3.05) is 0 Å². The minimum absolute atomic E-state index is 0.414. The van der Waals surface area contributed by atoms with Crippen LogP contribution in [0.4, 0.5) is 22.0 Å². The van der Waals surface area contributed by atoms with E-state index in [1.165, 1.54) is 0 Å². The smallest absolute Gasteiger partial charge is 0.247 e. The molecule has 0 aliphatic heterocycles. The van der Waals surface area contributed by atoms with Gasteiger partial charge in [-0.2, -0.15) is 0 Å². The van der Waals surface area contributed by atoms with E-state index in [1.54, 1.807) is 0 Å². The molecule has 0 fully saturated rings. The number of alkyl halides is 5. The van der Waals surface area contributed by atoms with Crippen molar-refractivity contribution in [2.45, 2.75) is 31.4 Å². The first kappa shape index (κ1) is 10.7. The van der Waals surface area contributed by atoms with Gasteiger partial charge in [0.15, 0.2) is 0 Å². The van der Waals surface area contributed by atoms with Crippen molar-refractivity contribution in [1.29, 1.82) is 0 Å². The van der Waals surface area contributed by atoms with E-state index in [1.807, 2.05) is 0 Å². The zero-order chi connectivity index (χ0) is 9.07. The molecular formula is C6H8F5. The van der Waals surface area contributed by atoms with Gasteiger partial charge in [-0.3, -0.25) is 0 Å². The van der Waals surface area contributed by atoms with E-state index in [-0.39, 0.29) is 0 Å². The monoisotopic (exact) mass is 175 g/mol. The van der Waals surface area contributed by atoms with Gasteiger partial charge in [-0.15, -0.1) is 0 Å². The zero-order valence-electron chi connectivity index (χ0n) is 5.67.